The van der Waals surface area contributed by atoms with Crippen molar-refractivity contribution in [3.8, 4) is 11.1 Å². The average molecular weight is 485 g/mol. The minimum Gasteiger partial charge on any atom is -0.299 e. The van der Waals surface area contributed by atoms with E-state index in [0.717, 1.165) is 49.1 Å². The van der Waals surface area contributed by atoms with Crippen LogP contribution in [0.1, 0.15) is 42.0 Å². The van der Waals surface area contributed by atoms with Crippen molar-refractivity contribution < 1.29 is 14.4 Å². The van der Waals surface area contributed by atoms with Crippen LogP contribution in [-0.4, -0.2) is 32.6 Å². The van der Waals surface area contributed by atoms with Crippen LogP contribution in [0.15, 0.2) is 24.3 Å². The maximum atomic E-state index is 12.7. The van der Waals surface area contributed by atoms with Crippen LogP contribution in [0.3, 0.4) is 0 Å². The number of halogens is 1. The second-order valence-electron chi connectivity index (χ2n) is 8.79. The Kier molecular flexibility index (Phi) is 5.19. The number of pyridine rings is 1. The van der Waals surface area contributed by atoms with E-state index < -0.39 is 5.41 Å². The van der Waals surface area contributed by atoms with Gasteiger partial charge in [-0.25, -0.2) is 4.98 Å². The maximum Gasteiger partial charge on any atom is 0.289 e. The Labute approximate surface area is 199 Å². The fourth-order valence-electron chi connectivity index (χ4n) is 4.41. The van der Waals surface area contributed by atoms with Crippen molar-refractivity contribution in [3.63, 3.8) is 0 Å². The second kappa shape index (κ2) is 7.68. The lowest BCUT2D eigenvalue weighted by Crippen LogP contribution is -2.32. The molecule has 2 aromatic heterocycles. The number of amides is 2. The Hall–Kier alpha value is -2.22. The van der Waals surface area contributed by atoms with Crippen molar-refractivity contribution in [2.45, 2.75) is 45.6 Å². The van der Waals surface area contributed by atoms with Gasteiger partial charge in [-0.2, -0.15) is 0 Å². The van der Waals surface area contributed by atoms with Gasteiger partial charge < -0.3 is 0 Å². The summed E-state index contributed by atoms with van der Waals surface area (Å²) < 4.78 is 0. The van der Waals surface area contributed by atoms with E-state index in [9.17, 15) is 14.4 Å². The van der Waals surface area contributed by atoms with Crippen molar-refractivity contribution in [2.24, 2.45) is 0 Å². The highest BCUT2D eigenvalue weighted by atomic mass is 35.5. The molecule has 3 aromatic rings. The lowest BCUT2D eigenvalue weighted by Gasteiger charge is -2.28. The third kappa shape index (κ3) is 3.29. The molecule has 0 N–H and O–H groups in total. The summed E-state index contributed by atoms with van der Waals surface area (Å²) in [5, 5.41) is 1.16. The second-order valence-corrected chi connectivity index (χ2v) is 11.1. The summed E-state index contributed by atoms with van der Waals surface area (Å²) in [4.78, 5) is 44.9. The first-order valence-electron chi connectivity index (χ1n) is 10.4. The number of carbonyl (C=O) groups is 3. The van der Waals surface area contributed by atoms with Gasteiger partial charge in [0.05, 0.1) is 28.4 Å². The summed E-state index contributed by atoms with van der Waals surface area (Å²) in [5.41, 5.74) is 4.02. The fourth-order valence-corrected chi connectivity index (χ4v) is 6.82. The molecule has 32 heavy (non-hydrogen) atoms. The Morgan fingerprint density at radius 3 is 2.50 bits per heavy atom. The van der Waals surface area contributed by atoms with E-state index in [1.165, 1.54) is 16.2 Å². The SMILES string of the molecule is Cc1ccc(-c2c(Cl)c(CN3C(=O)CSC3=O)nc3sc4c(c23)CCC(=O)C4(C)C)cc1. The summed E-state index contributed by atoms with van der Waals surface area (Å²) in [6.07, 6.45) is 1.15. The van der Waals surface area contributed by atoms with Crippen LogP contribution < -0.4 is 0 Å². The van der Waals surface area contributed by atoms with Crippen LogP contribution in [-0.2, 0) is 28.0 Å². The van der Waals surface area contributed by atoms with Gasteiger partial charge in [-0.05, 0) is 38.3 Å². The van der Waals surface area contributed by atoms with E-state index in [4.69, 9.17) is 16.6 Å². The van der Waals surface area contributed by atoms with Gasteiger partial charge in [0.15, 0.2) is 0 Å². The van der Waals surface area contributed by atoms with Crippen molar-refractivity contribution >= 4 is 61.8 Å². The minimum absolute atomic E-state index is 0.0448. The first-order chi connectivity index (χ1) is 15.2. The number of fused-ring (bicyclic) bond motifs is 3. The van der Waals surface area contributed by atoms with Gasteiger partial charge in [0.2, 0.25) is 5.91 Å². The molecule has 1 aliphatic carbocycles. The predicted molar refractivity (Wildman–Crippen MR) is 130 cm³/mol. The molecule has 2 amide bonds. The van der Waals surface area contributed by atoms with Crippen LogP contribution in [0.25, 0.3) is 21.3 Å². The molecule has 3 heterocycles. The van der Waals surface area contributed by atoms with Crippen LogP contribution in [0.5, 0.6) is 0 Å². The van der Waals surface area contributed by atoms with E-state index in [-0.39, 0.29) is 29.2 Å². The molecular formula is C24H21ClN2O3S2. The maximum absolute atomic E-state index is 12.7. The number of imide groups is 1. The average Bonchev–Trinajstić information content (AvgIpc) is 3.28. The lowest BCUT2D eigenvalue weighted by atomic mass is 9.76. The number of ketones is 1. The number of rotatable bonds is 3. The highest BCUT2D eigenvalue weighted by Crippen LogP contribution is 2.48. The molecule has 0 radical (unpaired) electrons. The number of nitrogens with zero attached hydrogens (tertiary/aromatic N) is 2. The minimum atomic E-state index is -0.576. The summed E-state index contributed by atoms with van der Waals surface area (Å²) in [6.45, 7) is 6.01. The summed E-state index contributed by atoms with van der Waals surface area (Å²) in [6, 6.07) is 8.14. The molecule has 5 rings (SSSR count). The Morgan fingerprint density at radius 1 is 1.12 bits per heavy atom. The number of thiophene rings is 1. The molecule has 2 aliphatic rings. The normalized spacial score (nSPS) is 18.0. The van der Waals surface area contributed by atoms with Gasteiger partial charge in [-0.3, -0.25) is 19.3 Å². The van der Waals surface area contributed by atoms with Crippen LogP contribution in [0, 0.1) is 6.92 Å². The van der Waals surface area contributed by atoms with E-state index >= 15 is 0 Å². The van der Waals surface area contributed by atoms with Gasteiger partial charge in [0, 0.05) is 22.2 Å². The number of hydrogen-bond acceptors (Lipinski definition) is 6. The van der Waals surface area contributed by atoms with E-state index in [1.807, 2.05) is 45.0 Å². The summed E-state index contributed by atoms with van der Waals surface area (Å²) >= 11 is 9.47. The molecular weight excluding hydrogens is 464 g/mol. The fraction of sp³-hybridized carbons (Fsp3) is 0.333. The predicted octanol–water partition coefficient (Wildman–Crippen LogP) is 5.91. The molecule has 8 heteroatoms. The third-order valence-electron chi connectivity index (χ3n) is 6.30. The van der Waals surface area contributed by atoms with Gasteiger partial charge in [-0.1, -0.05) is 53.2 Å². The molecule has 164 valence electrons. The Morgan fingerprint density at radius 2 is 1.84 bits per heavy atom. The summed E-state index contributed by atoms with van der Waals surface area (Å²) in [5.74, 6) is 0.143. The molecule has 5 nitrogen and oxygen atoms in total. The largest absolute Gasteiger partial charge is 0.299 e. The first-order valence-corrected chi connectivity index (χ1v) is 12.6. The van der Waals surface area contributed by atoms with Gasteiger partial charge >= 0.3 is 0 Å². The Bertz CT molecular complexity index is 1300. The quantitative estimate of drug-likeness (QED) is 0.462. The molecule has 1 aromatic carbocycles. The van der Waals surface area contributed by atoms with Crippen molar-refractivity contribution in [1.29, 1.82) is 0 Å². The van der Waals surface area contributed by atoms with Crippen LogP contribution in [0.2, 0.25) is 5.02 Å². The smallest absolute Gasteiger partial charge is 0.289 e. The zero-order chi connectivity index (χ0) is 22.8. The molecule has 0 bridgehead atoms. The standard InChI is InChI=1S/C24H21ClN2O3S2/c1-12-4-6-13(7-5-12)18-19-14-8-9-16(28)24(2,3)21(14)32-22(19)26-15(20(18)25)10-27-17(29)11-31-23(27)30/h4-7H,8-11H2,1-3H3. The first kappa shape index (κ1) is 21.6. The van der Waals surface area contributed by atoms with Crippen molar-refractivity contribution in [2.75, 3.05) is 5.75 Å². The number of aryl methyl sites for hydroxylation is 2. The number of carbonyl (C=O) groups excluding carboxylic acids is 3. The molecule has 0 atom stereocenters. The molecule has 0 unspecified atom stereocenters. The number of thioether (sulfide) groups is 1. The van der Waals surface area contributed by atoms with Crippen molar-refractivity contribution in [3.05, 3.63) is 51.0 Å². The van der Waals surface area contributed by atoms with E-state index in [2.05, 4.69) is 0 Å². The highest BCUT2D eigenvalue weighted by molar-refractivity contribution is 8.14. The van der Waals surface area contributed by atoms with Crippen LogP contribution in [0.4, 0.5) is 4.79 Å². The molecule has 0 spiro atoms. The van der Waals surface area contributed by atoms with Crippen molar-refractivity contribution in [1.82, 2.24) is 9.88 Å². The highest BCUT2D eigenvalue weighted by Gasteiger charge is 2.39. The number of hydrogen-bond donors (Lipinski definition) is 0. The molecule has 1 fully saturated rings. The van der Waals surface area contributed by atoms with Crippen LogP contribution >= 0.6 is 34.7 Å². The zero-order valence-corrected chi connectivity index (χ0v) is 20.3. The number of Topliss-reactive ketones (excluding diaryl/α,β-unsaturated/α-hetero) is 1. The number of benzene rings is 1. The third-order valence-corrected chi connectivity index (χ3v) is 9.02. The molecule has 1 aliphatic heterocycles. The Balaban J connectivity index is 1.78. The molecule has 1 saturated heterocycles. The van der Waals surface area contributed by atoms with Gasteiger partial charge in [-0.15, -0.1) is 11.3 Å². The van der Waals surface area contributed by atoms with E-state index in [1.54, 1.807) is 0 Å². The lowest BCUT2D eigenvalue weighted by molar-refractivity contribution is -0.125. The molecule has 0 saturated carbocycles. The number of aromatic nitrogens is 1. The van der Waals surface area contributed by atoms with Gasteiger partial charge in [0.1, 0.15) is 10.6 Å². The van der Waals surface area contributed by atoms with Gasteiger partial charge in [0.25, 0.3) is 5.24 Å². The van der Waals surface area contributed by atoms with E-state index in [0.29, 0.717) is 23.6 Å². The summed E-state index contributed by atoms with van der Waals surface area (Å²) in [7, 11) is 0. The zero-order valence-electron chi connectivity index (χ0n) is 18.0. The monoisotopic (exact) mass is 484 g/mol. The topological polar surface area (TPSA) is 67.3 Å².